The van der Waals surface area contributed by atoms with Gasteiger partial charge in [-0.2, -0.15) is 0 Å². The Balaban J connectivity index is 1.86. The van der Waals surface area contributed by atoms with E-state index in [1.165, 1.54) is 32.4 Å². The third kappa shape index (κ3) is 4.62. The van der Waals surface area contributed by atoms with Gasteiger partial charge < -0.3 is 15.0 Å². The van der Waals surface area contributed by atoms with Crippen LogP contribution in [-0.4, -0.2) is 31.1 Å². The second kappa shape index (κ2) is 7.86. The second-order valence-electron chi connectivity index (χ2n) is 5.38. The number of carbonyl (C=O) groups is 1. The lowest BCUT2D eigenvalue weighted by atomic mass is 10.1. The summed E-state index contributed by atoms with van der Waals surface area (Å²) in [5, 5.41) is 2.86. The van der Waals surface area contributed by atoms with E-state index in [0.29, 0.717) is 6.54 Å². The van der Waals surface area contributed by atoms with Crippen molar-refractivity contribution >= 4 is 6.03 Å². The van der Waals surface area contributed by atoms with Crippen LogP contribution in [0.15, 0.2) is 18.2 Å². The van der Waals surface area contributed by atoms with E-state index in [1.807, 2.05) is 4.90 Å². The number of benzene rings is 1. The quantitative estimate of drug-likeness (QED) is 0.929. The number of methoxy groups -OCH3 is 1. The van der Waals surface area contributed by atoms with Crippen molar-refractivity contribution in [1.82, 2.24) is 10.2 Å². The Morgan fingerprint density at radius 2 is 1.90 bits per heavy atom. The summed E-state index contributed by atoms with van der Waals surface area (Å²) < 4.78 is 18.5. The first-order chi connectivity index (χ1) is 10.2. The van der Waals surface area contributed by atoms with Crippen molar-refractivity contribution in [2.75, 3.05) is 20.2 Å². The number of carbonyl (C=O) groups excluding carboxylic acids is 1. The van der Waals surface area contributed by atoms with E-state index in [4.69, 9.17) is 4.74 Å². The highest BCUT2D eigenvalue weighted by atomic mass is 19.1. The average molecular weight is 294 g/mol. The molecule has 0 spiro atoms. The van der Waals surface area contributed by atoms with Gasteiger partial charge in [-0.05, 0) is 30.5 Å². The minimum Gasteiger partial charge on any atom is -0.494 e. The molecule has 1 aliphatic rings. The number of rotatable bonds is 3. The number of nitrogens with zero attached hydrogens (tertiary/aromatic N) is 1. The number of hydrogen-bond acceptors (Lipinski definition) is 2. The van der Waals surface area contributed by atoms with Crippen LogP contribution in [0.25, 0.3) is 0 Å². The fourth-order valence-electron chi connectivity index (χ4n) is 2.56. The highest BCUT2D eigenvalue weighted by Crippen LogP contribution is 2.17. The van der Waals surface area contributed by atoms with Crippen molar-refractivity contribution in [1.29, 1.82) is 0 Å². The van der Waals surface area contributed by atoms with Gasteiger partial charge in [0.1, 0.15) is 0 Å². The lowest BCUT2D eigenvalue weighted by Crippen LogP contribution is -2.41. The lowest BCUT2D eigenvalue weighted by molar-refractivity contribution is 0.192. The first-order valence-electron chi connectivity index (χ1n) is 7.56. The van der Waals surface area contributed by atoms with E-state index < -0.39 is 5.82 Å². The Hall–Kier alpha value is -1.78. The van der Waals surface area contributed by atoms with Crippen LogP contribution < -0.4 is 10.1 Å². The van der Waals surface area contributed by atoms with Crippen molar-refractivity contribution in [2.45, 2.75) is 38.6 Å². The van der Waals surface area contributed by atoms with Crippen LogP contribution in [0, 0.1) is 5.82 Å². The summed E-state index contributed by atoms with van der Waals surface area (Å²) in [4.78, 5) is 14.0. The lowest BCUT2D eigenvalue weighted by Gasteiger charge is -2.25. The summed E-state index contributed by atoms with van der Waals surface area (Å²) >= 11 is 0. The van der Waals surface area contributed by atoms with Crippen LogP contribution in [0.2, 0.25) is 0 Å². The molecule has 0 radical (unpaired) electrons. The van der Waals surface area contributed by atoms with Gasteiger partial charge in [-0.25, -0.2) is 9.18 Å². The highest BCUT2D eigenvalue weighted by Gasteiger charge is 2.14. The molecule has 0 aromatic heterocycles. The average Bonchev–Trinajstić information content (AvgIpc) is 2.44. The molecular formula is C16H23FN2O2. The van der Waals surface area contributed by atoms with Crippen LogP contribution in [0.1, 0.15) is 37.7 Å². The number of ether oxygens (including phenoxy) is 1. The molecule has 1 saturated heterocycles. The maximum atomic E-state index is 13.6. The molecule has 0 saturated carbocycles. The van der Waals surface area contributed by atoms with Crippen molar-refractivity contribution in [2.24, 2.45) is 0 Å². The number of nitrogens with one attached hydrogen (secondary N) is 1. The fourth-order valence-corrected chi connectivity index (χ4v) is 2.56. The molecule has 2 amide bonds. The highest BCUT2D eigenvalue weighted by molar-refractivity contribution is 5.74. The predicted octanol–water partition coefficient (Wildman–Crippen LogP) is 3.31. The Morgan fingerprint density at radius 1 is 1.24 bits per heavy atom. The number of likely N-dealkylation sites (tertiary alicyclic amines) is 1. The van der Waals surface area contributed by atoms with Gasteiger partial charge in [0.15, 0.2) is 11.6 Å². The monoisotopic (exact) mass is 294 g/mol. The summed E-state index contributed by atoms with van der Waals surface area (Å²) in [5.41, 5.74) is 0.730. The topological polar surface area (TPSA) is 41.6 Å². The van der Waals surface area contributed by atoms with Crippen molar-refractivity contribution in [3.05, 3.63) is 29.6 Å². The van der Waals surface area contributed by atoms with E-state index in [1.54, 1.807) is 12.1 Å². The molecule has 1 aliphatic heterocycles. The maximum Gasteiger partial charge on any atom is 0.317 e. The molecular weight excluding hydrogens is 271 g/mol. The molecule has 4 nitrogen and oxygen atoms in total. The molecule has 0 aliphatic carbocycles. The van der Waals surface area contributed by atoms with Gasteiger partial charge in [0.25, 0.3) is 0 Å². The summed E-state index contributed by atoms with van der Waals surface area (Å²) in [6, 6.07) is 4.67. The normalized spacial score (nSPS) is 16.0. The van der Waals surface area contributed by atoms with E-state index >= 15 is 0 Å². The van der Waals surface area contributed by atoms with Gasteiger partial charge in [-0.1, -0.05) is 25.3 Å². The third-order valence-electron chi connectivity index (χ3n) is 3.80. The first kappa shape index (κ1) is 15.6. The predicted molar refractivity (Wildman–Crippen MR) is 79.8 cm³/mol. The van der Waals surface area contributed by atoms with Gasteiger partial charge in [-0.3, -0.25) is 0 Å². The number of amides is 2. The molecule has 1 N–H and O–H groups in total. The van der Waals surface area contributed by atoms with E-state index in [0.717, 1.165) is 31.5 Å². The van der Waals surface area contributed by atoms with Crippen molar-refractivity contribution < 1.29 is 13.9 Å². The zero-order chi connectivity index (χ0) is 15.1. The van der Waals surface area contributed by atoms with Gasteiger partial charge in [0.2, 0.25) is 0 Å². The van der Waals surface area contributed by atoms with Gasteiger partial charge in [-0.15, -0.1) is 0 Å². The van der Waals surface area contributed by atoms with Crippen LogP contribution in [0.3, 0.4) is 0 Å². The molecule has 1 aromatic carbocycles. The van der Waals surface area contributed by atoms with Gasteiger partial charge >= 0.3 is 6.03 Å². The van der Waals surface area contributed by atoms with Gasteiger partial charge in [0.05, 0.1) is 7.11 Å². The Labute approximate surface area is 125 Å². The number of urea groups is 1. The summed E-state index contributed by atoms with van der Waals surface area (Å²) in [5.74, 6) is -0.190. The minimum absolute atomic E-state index is 0.0619. The van der Waals surface area contributed by atoms with E-state index in [9.17, 15) is 9.18 Å². The molecule has 116 valence electrons. The van der Waals surface area contributed by atoms with Crippen LogP contribution in [0.5, 0.6) is 5.75 Å². The van der Waals surface area contributed by atoms with Crippen LogP contribution >= 0.6 is 0 Å². The molecule has 0 unspecified atom stereocenters. The first-order valence-corrected chi connectivity index (χ1v) is 7.56. The molecule has 21 heavy (non-hydrogen) atoms. The van der Waals surface area contributed by atoms with Crippen molar-refractivity contribution in [3.63, 3.8) is 0 Å². The second-order valence-corrected chi connectivity index (χ2v) is 5.38. The molecule has 5 heteroatoms. The zero-order valence-electron chi connectivity index (χ0n) is 12.5. The van der Waals surface area contributed by atoms with Crippen molar-refractivity contribution in [3.8, 4) is 5.75 Å². The molecule has 1 heterocycles. The maximum absolute atomic E-state index is 13.6. The number of hydrogen-bond donors (Lipinski definition) is 1. The summed E-state index contributed by atoms with van der Waals surface area (Å²) in [6.45, 7) is 1.95. The SMILES string of the molecule is COc1ccc(CNC(=O)N2CCCCCCC2)cc1F. The largest absolute Gasteiger partial charge is 0.494 e. The van der Waals surface area contributed by atoms with Crippen LogP contribution in [-0.2, 0) is 6.54 Å². The fraction of sp³-hybridized carbons (Fsp3) is 0.562. The number of halogens is 1. The minimum atomic E-state index is -0.407. The van der Waals surface area contributed by atoms with E-state index in [2.05, 4.69) is 5.32 Å². The van der Waals surface area contributed by atoms with Gasteiger partial charge in [0, 0.05) is 19.6 Å². The standard InChI is InChI=1S/C16H23FN2O2/c1-21-15-8-7-13(11-14(15)17)12-18-16(20)19-9-5-3-2-4-6-10-19/h7-8,11H,2-6,9-10,12H2,1H3,(H,18,20). The summed E-state index contributed by atoms with van der Waals surface area (Å²) in [7, 11) is 1.43. The summed E-state index contributed by atoms with van der Waals surface area (Å²) in [6.07, 6.45) is 5.76. The van der Waals surface area contributed by atoms with E-state index in [-0.39, 0.29) is 11.8 Å². The zero-order valence-corrected chi connectivity index (χ0v) is 12.5. The molecule has 0 atom stereocenters. The van der Waals surface area contributed by atoms with Crippen LogP contribution in [0.4, 0.5) is 9.18 Å². The Bertz CT molecular complexity index is 471. The smallest absolute Gasteiger partial charge is 0.317 e. The molecule has 0 bridgehead atoms. The third-order valence-corrected chi connectivity index (χ3v) is 3.80. The molecule has 1 aromatic rings. The Morgan fingerprint density at radius 3 is 2.52 bits per heavy atom. The molecule has 2 rings (SSSR count). The Kier molecular flexibility index (Phi) is 5.84. The molecule has 1 fully saturated rings.